The van der Waals surface area contributed by atoms with Gasteiger partial charge in [-0.1, -0.05) is 0 Å². The topological polar surface area (TPSA) is 82.8 Å². The third-order valence-corrected chi connectivity index (χ3v) is 2.78. The van der Waals surface area contributed by atoms with Crippen LogP contribution in [0.1, 0.15) is 30.3 Å². The Morgan fingerprint density at radius 3 is 3.26 bits per heavy atom. The van der Waals surface area contributed by atoms with Crippen LogP contribution in [-0.2, 0) is 11.3 Å². The van der Waals surface area contributed by atoms with Crippen LogP contribution in [0, 0.1) is 4.91 Å². The summed E-state index contributed by atoms with van der Waals surface area (Å²) in [6.45, 7) is 2.15. The maximum atomic E-state index is 12.5. The number of alkyl halides is 1. The number of aryl methyl sites for hydroxylation is 1. The van der Waals surface area contributed by atoms with Gasteiger partial charge in [0.1, 0.15) is 6.10 Å². The maximum Gasteiger partial charge on any atom is 0.337 e. The fourth-order valence-corrected chi connectivity index (χ4v) is 1.87. The van der Waals surface area contributed by atoms with Crippen molar-refractivity contribution in [2.75, 3.05) is 6.61 Å². The number of nitrogens with zero attached hydrogens (tertiary/aromatic N) is 3. The monoisotopic (exact) mass is 271 g/mol. The Bertz CT molecular complexity index is 475. The van der Waals surface area contributed by atoms with Gasteiger partial charge in [0.05, 0.1) is 6.61 Å². The predicted molar refractivity (Wildman–Crippen MR) is 62.5 cm³/mol. The molecule has 0 spiro atoms. The van der Waals surface area contributed by atoms with Crippen LogP contribution in [0.15, 0.2) is 11.2 Å². The molecule has 1 aliphatic heterocycles. The number of carbonyl (C=O) groups is 1. The normalized spacial score (nSPS) is 19.4. The lowest BCUT2D eigenvalue weighted by Gasteiger charge is -2.24. The van der Waals surface area contributed by atoms with E-state index in [4.69, 9.17) is 9.47 Å². The summed E-state index contributed by atoms with van der Waals surface area (Å²) in [4.78, 5) is 21.2. The molecule has 0 bridgehead atoms. The molecule has 2 unspecified atom stereocenters. The van der Waals surface area contributed by atoms with Crippen molar-refractivity contribution in [3.05, 3.63) is 16.7 Å². The summed E-state index contributed by atoms with van der Waals surface area (Å²) >= 11 is 0. The summed E-state index contributed by atoms with van der Waals surface area (Å²) in [6, 6.07) is 1.38. The number of amides is 1. The first-order chi connectivity index (χ1) is 9.10. The average molecular weight is 271 g/mol. The van der Waals surface area contributed by atoms with E-state index < -0.39 is 12.3 Å². The Balaban J connectivity index is 1.94. The molecular formula is C11H14FN3O4. The summed E-state index contributed by atoms with van der Waals surface area (Å²) in [6.07, 6.45) is -0.178. The first-order valence-corrected chi connectivity index (χ1v) is 5.98. The van der Waals surface area contributed by atoms with E-state index in [2.05, 4.69) is 10.3 Å². The van der Waals surface area contributed by atoms with Gasteiger partial charge in [0.2, 0.25) is 5.88 Å². The molecule has 19 heavy (non-hydrogen) atoms. The third-order valence-electron chi connectivity index (χ3n) is 2.78. The van der Waals surface area contributed by atoms with Crippen LogP contribution in [0.2, 0.25) is 0 Å². The first-order valence-electron chi connectivity index (χ1n) is 5.98. The highest BCUT2D eigenvalue weighted by Gasteiger charge is 2.23. The molecule has 2 heterocycles. The Morgan fingerprint density at radius 2 is 2.58 bits per heavy atom. The number of ether oxygens (including phenoxy) is 2. The van der Waals surface area contributed by atoms with Gasteiger partial charge in [0.15, 0.2) is 12.1 Å². The molecule has 1 amide bonds. The van der Waals surface area contributed by atoms with E-state index in [0.717, 1.165) is 0 Å². The molecule has 7 nitrogen and oxygen atoms in total. The van der Waals surface area contributed by atoms with Gasteiger partial charge in [0.25, 0.3) is 0 Å². The minimum Gasteiger partial charge on any atom is -0.474 e. The Kier molecular flexibility index (Phi) is 4.20. The summed E-state index contributed by atoms with van der Waals surface area (Å²) < 4.78 is 24.4. The van der Waals surface area contributed by atoms with Crippen LogP contribution in [-0.4, -0.2) is 34.8 Å². The van der Waals surface area contributed by atoms with Crippen molar-refractivity contribution in [2.24, 2.45) is 5.18 Å². The Hall–Kier alpha value is -1.83. The van der Waals surface area contributed by atoms with E-state index in [9.17, 15) is 14.1 Å². The fraction of sp³-hybridized carbons (Fsp3) is 0.636. The number of carbonyl (C=O) groups excluding carboxylic acids is 1. The van der Waals surface area contributed by atoms with Gasteiger partial charge >= 0.3 is 5.91 Å². The summed E-state index contributed by atoms with van der Waals surface area (Å²) in [7, 11) is 0. The lowest BCUT2D eigenvalue weighted by molar-refractivity contribution is -0.0372. The molecule has 0 saturated carbocycles. The number of hydrogen-bond acceptors (Lipinski definition) is 5. The molecule has 8 heteroatoms. The molecule has 2 atom stereocenters. The Morgan fingerprint density at radius 1 is 1.79 bits per heavy atom. The maximum absolute atomic E-state index is 12.5. The SMILES string of the molecule is CC(F)OCCC1CCn2nc(C(=O)N=O)cc2O1. The molecule has 0 N–H and O–H groups in total. The molecule has 0 saturated heterocycles. The van der Waals surface area contributed by atoms with Crippen molar-refractivity contribution in [1.82, 2.24) is 9.78 Å². The fourth-order valence-electron chi connectivity index (χ4n) is 1.87. The zero-order chi connectivity index (χ0) is 13.8. The highest BCUT2D eigenvalue weighted by molar-refractivity contribution is 5.93. The molecular weight excluding hydrogens is 257 g/mol. The van der Waals surface area contributed by atoms with Crippen molar-refractivity contribution in [3.63, 3.8) is 0 Å². The van der Waals surface area contributed by atoms with Crippen LogP contribution in [0.3, 0.4) is 0 Å². The summed E-state index contributed by atoms with van der Waals surface area (Å²) in [5.41, 5.74) is -0.0284. The quantitative estimate of drug-likeness (QED) is 0.760. The number of aromatic nitrogens is 2. The zero-order valence-electron chi connectivity index (χ0n) is 10.4. The highest BCUT2D eigenvalue weighted by atomic mass is 19.1. The van der Waals surface area contributed by atoms with Crippen LogP contribution >= 0.6 is 0 Å². The van der Waals surface area contributed by atoms with Gasteiger partial charge in [0, 0.05) is 30.6 Å². The first kappa shape index (κ1) is 13.6. The molecule has 1 aromatic rings. The van der Waals surface area contributed by atoms with Crippen molar-refractivity contribution in [3.8, 4) is 5.88 Å². The second-order valence-corrected chi connectivity index (χ2v) is 4.22. The van der Waals surface area contributed by atoms with Gasteiger partial charge in [-0.2, -0.15) is 5.10 Å². The number of halogens is 1. The number of rotatable bonds is 5. The number of hydrogen-bond donors (Lipinski definition) is 0. The van der Waals surface area contributed by atoms with E-state index in [1.165, 1.54) is 17.7 Å². The van der Waals surface area contributed by atoms with Crippen LogP contribution in [0.4, 0.5) is 4.39 Å². The van der Waals surface area contributed by atoms with E-state index in [1.807, 2.05) is 0 Å². The molecule has 1 aromatic heterocycles. The zero-order valence-corrected chi connectivity index (χ0v) is 10.4. The van der Waals surface area contributed by atoms with E-state index in [0.29, 0.717) is 25.3 Å². The summed E-state index contributed by atoms with van der Waals surface area (Å²) in [5.74, 6) is -0.506. The lowest BCUT2D eigenvalue weighted by atomic mass is 10.2. The smallest absolute Gasteiger partial charge is 0.337 e. The lowest BCUT2D eigenvalue weighted by Crippen LogP contribution is -2.27. The van der Waals surface area contributed by atoms with Crippen LogP contribution in [0.5, 0.6) is 5.88 Å². The van der Waals surface area contributed by atoms with Crippen LogP contribution in [0.25, 0.3) is 0 Å². The molecule has 104 valence electrons. The average Bonchev–Trinajstić information content (AvgIpc) is 2.80. The second-order valence-electron chi connectivity index (χ2n) is 4.22. The Labute approximate surface area is 108 Å². The van der Waals surface area contributed by atoms with Gasteiger partial charge in [-0.15, -0.1) is 4.91 Å². The van der Waals surface area contributed by atoms with Crippen molar-refractivity contribution in [1.29, 1.82) is 0 Å². The molecule has 0 radical (unpaired) electrons. The largest absolute Gasteiger partial charge is 0.474 e. The van der Waals surface area contributed by atoms with E-state index in [-0.39, 0.29) is 18.4 Å². The highest BCUT2D eigenvalue weighted by Crippen LogP contribution is 2.23. The second kappa shape index (κ2) is 5.87. The molecule has 0 fully saturated rings. The minimum absolute atomic E-state index is 0.0284. The predicted octanol–water partition coefficient (Wildman–Crippen LogP) is 1.66. The minimum atomic E-state index is -1.29. The van der Waals surface area contributed by atoms with E-state index in [1.54, 1.807) is 0 Å². The van der Waals surface area contributed by atoms with E-state index >= 15 is 0 Å². The van der Waals surface area contributed by atoms with Gasteiger partial charge < -0.3 is 9.47 Å². The van der Waals surface area contributed by atoms with Crippen molar-refractivity contribution in [2.45, 2.75) is 38.8 Å². The van der Waals surface area contributed by atoms with Crippen molar-refractivity contribution < 1.29 is 18.7 Å². The van der Waals surface area contributed by atoms with Gasteiger partial charge in [-0.3, -0.25) is 4.79 Å². The molecule has 0 aromatic carbocycles. The molecule has 0 aliphatic carbocycles. The molecule has 2 rings (SSSR count). The number of fused-ring (bicyclic) bond motifs is 1. The summed E-state index contributed by atoms with van der Waals surface area (Å²) in [5, 5.41) is 6.23. The van der Waals surface area contributed by atoms with Crippen molar-refractivity contribution >= 4 is 5.91 Å². The third kappa shape index (κ3) is 3.34. The van der Waals surface area contributed by atoms with Gasteiger partial charge in [-0.25, -0.2) is 9.07 Å². The van der Waals surface area contributed by atoms with Crippen LogP contribution < -0.4 is 4.74 Å². The van der Waals surface area contributed by atoms with Gasteiger partial charge in [-0.05, 0) is 6.92 Å². The molecule has 1 aliphatic rings. The standard InChI is InChI=1S/C11H14FN3O4/c1-7(12)18-5-3-8-2-4-15-10(19-8)6-9(13-15)11(16)14-17/h6-8H,2-5H2,1H3. The number of nitroso groups, excluding NO2 is 1.